The van der Waals surface area contributed by atoms with Gasteiger partial charge in [-0.3, -0.25) is 4.79 Å². The van der Waals surface area contributed by atoms with Crippen molar-refractivity contribution in [2.75, 3.05) is 6.61 Å². The van der Waals surface area contributed by atoms with Gasteiger partial charge in [-0.2, -0.15) is 0 Å². The number of carbonyl (C=O) groups is 1. The fourth-order valence-corrected chi connectivity index (χ4v) is 2.37. The number of halogens is 1. The molecular weight excluding hydrogens is 340 g/mol. The second kappa shape index (κ2) is 7.85. The summed E-state index contributed by atoms with van der Waals surface area (Å²) >= 11 is 5.87. The number of ether oxygens (including phenoxy) is 1. The Morgan fingerprint density at radius 3 is 2.76 bits per heavy atom. The fraction of sp³-hybridized carbons (Fsp3) is 0.158. The lowest BCUT2D eigenvalue weighted by atomic mass is 10.1. The van der Waals surface area contributed by atoms with Crippen LogP contribution in [0, 0.1) is 6.92 Å². The largest absolute Gasteiger partial charge is 0.484 e. The molecule has 0 aliphatic rings. The average Bonchev–Trinajstić information content (AvgIpc) is 3.08. The maximum Gasteiger partial charge on any atom is 0.258 e. The molecule has 5 nitrogen and oxygen atoms in total. The summed E-state index contributed by atoms with van der Waals surface area (Å²) in [5, 5.41) is 7.36. The highest BCUT2D eigenvalue weighted by molar-refractivity contribution is 6.30. The predicted molar refractivity (Wildman–Crippen MR) is 95.5 cm³/mol. The zero-order chi connectivity index (χ0) is 17.6. The Balaban J connectivity index is 1.50. The summed E-state index contributed by atoms with van der Waals surface area (Å²) in [6.07, 6.45) is 0. The normalized spacial score (nSPS) is 10.5. The molecule has 0 atom stereocenters. The predicted octanol–water partition coefficient (Wildman–Crippen LogP) is 4.00. The highest BCUT2D eigenvalue weighted by Gasteiger charge is 2.09. The molecule has 0 aliphatic heterocycles. The molecule has 0 fully saturated rings. The van der Waals surface area contributed by atoms with Gasteiger partial charge in [0.2, 0.25) is 0 Å². The topological polar surface area (TPSA) is 64.4 Å². The second-order valence-corrected chi connectivity index (χ2v) is 6.01. The monoisotopic (exact) mass is 356 g/mol. The van der Waals surface area contributed by atoms with Crippen molar-refractivity contribution in [2.45, 2.75) is 13.5 Å². The van der Waals surface area contributed by atoms with Gasteiger partial charge in [0, 0.05) is 16.7 Å². The van der Waals surface area contributed by atoms with E-state index in [1.54, 1.807) is 18.2 Å². The number of carbonyl (C=O) groups excluding carboxylic acids is 1. The number of aryl methyl sites for hydroxylation is 1. The van der Waals surface area contributed by atoms with Gasteiger partial charge in [0.15, 0.2) is 12.4 Å². The molecule has 0 saturated heterocycles. The van der Waals surface area contributed by atoms with Crippen molar-refractivity contribution in [1.82, 2.24) is 10.5 Å². The summed E-state index contributed by atoms with van der Waals surface area (Å²) < 4.78 is 10.7. The summed E-state index contributed by atoms with van der Waals surface area (Å²) in [4.78, 5) is 11.9. The minimum absolute atomic E-state index is 0.0503. The molecular formula is C19H17ClN2O3. The van der Waals surface area contributed by atoms with Gasteiger partial charge < -0.3 is 14.6 Å². The van der Waals surface area contributed by atoms with Gasteiger partial charge in [0.25, 0.3) is 5.91 Å². The Morgan fingerprint density at radius 2 is 2.00 bits per heavy atom. The van der Waals surface area contributed by atoms with Crippen LogP contribution in [0.2, 0.25) is 5.02 Å². The molecule has 1 aromatic heterocycles. The minimum atomic E-state index is -0.224. The molecule has 1 heterocycles. The van der Waals surface area contributed by atoms with Crippen LogP contribution in [-0.4, -0.2) is 17.7 Å². The molecule has 128 valence electrons. The maximum atomic E-state index is 11.9. The van der Waals surface area contributed by atoms with E-state index in [9.17, 15) is 4.79 Å². The maximum absolute atomic E-state index is 11.9. The van der Waals surface area contributed by atoms with Crippen LogP contribution in [0.1, 0.15) is 11.3 Å². The standard InChI is InChI=1S/C19H17ClN2O3/c1-13-3-2-4-17(9-13)24-12-19(23)21-11-16-10-18(25-22-16)14-5-7-15(20)8-6-14/h2-10H,11-12H2,1H3,(H,21,23). The molecule has 0 aliphatic carbocycles. The van der Waals surface area contributed by atoms with Crippen LogP contribution < -0.4 is 10.1 Å². The van der Waals surface area contributed by atoms with Crippen LogP contribution in [0.4, 0.5) is 0 Å². The highest BCUT2D eigenvalue weighted by Crippen LogP contribution is 2.22. The molecule has 3 aromatic rings. The van der Waals surface area contributed by atoms with Gasteiger partial charge in [-0.05, 0) is 48.9 Å². The van der Waals surface area contributed by atoms with Crippen LogP contribution in [0.25, 0.3) is 11.3 Å². The van der Waals surface area contributed by atoms with Crippen molar-refractivity contribution in [3.05, 3.63) is 70.9 Å². The zero-order valence-electron chi connectivity index (χ0n) is 13.7. The quantitative estimate of drug-likeness (QED) is 0.725. The van der Waals surface area contributed by atoms with Crippen molar-refractivity contribution in [1.29, 1.82) is 0 Å². The van der Waals surface area contributed by atoms with E-state index < -0.39 is 0 Å². The number of rotatable bonds is 6. The Kier molecular flexibility index (Phi) is 5.36. The minimum Gasteiger partial charge on any atom is -0.484 e. The van der Waals surface area contributed by atoms with E-state index in [1.807, 2.05) is 43.3 Å². The average molecular weight is 357 g/mol. The Labute approximate surface area is 150 Å². The number of benzene rings is 2. The van der Waals surface area contributed by atoms with E-state index in [0.717, 1.165) is 11.1 Å². The summed E-state index contributed by atoms with van der Waals surface area (Å²) in [6, 6.07) is 16.6. The van der Waals surface area contributed by atoms with Crippen LogP contribution in [0.5, 0.6) is 5.75 Å². The third kappa shape index (κ3) is 4.84. The van der Waals surface area contributed by atoms with Crippen LogP contribution >= 0.6 is 11.6 Å². The second-order valence-electron chi connectivity index (χ2n) is 5.57. The lowest BCUT2D eigenvalue weighted by molar-refractivity contribution is -0.123. The molecule has 0 radical (unpaired) electrons. The van der Waals surface area contributed by atoms with Gasteiger partial charge in [-0.15, -0.1) is 0 Å². The number of hydrogen-bond acceptors (Lipinski definition) is 4. The number of hydrogen-bond donors (Lipinski definition) is 1. The number of amides is 1. The van der Waals surface area contributed by atoms with Gasteiger partial charge in [0.1, 0.15) is 11.4 Å². The third-order valence-electron chi connectivity index (χ3n) is 3.51. The van der Waals surface area contributed by atoms with Crippen molar-refractivity contribution in [3.63, 3.8) is 0 Å². The molecule has 0 unspecified atom stereocenters. The van der Waals surface area contributed by atoms with Crippen molar-refractivity contribution < 1.29 is 14.1 Å². The molecule has 2 aromatic carbocycles. The summed E-state index contributed by atoms with van der Waals surface area (Å²) in [5.41, 5.74) is 2.58. The van der Waals surface area contributed by atoms with E-state index in [4.69, 9.17) is 20.9 Å². The molecule has 6 heteroatoms. The first kappa shape index (κ1) is 17.0. The number of nitrogens with one attached hydrogen (secondary N) is 1. The summed E-state index contributed by atoms with van der Waals surface area (Å²) in [5.74, 6) is 1.07. The van der Waals surface area contributed by atoms with Crippen molar-refractivity contribution >= 4 is 17.5 Å². The highest BCUT2D eigenvalue weighted by atomic mass is 35.5. The summed E-state index contributed by atoms with van der Waals surface area (Å²) in [6.45, 7) is 2.19. The molecule has 25 heavy (non-hydrogen) atoms. The van der Waals surface area contributed by atoms with Gasteiger partial charge in [-0.1, -0.05) is 28.9 Å². The molecule has 1 N–H and O–H groups in total. The van der Waals surface area contributed by atoms with Crippen LogP contribution in [0.3, 0.4) is 0 Å². The first-order valence-electron chi connectivity index (χ1n) is 7.78. The van der Waals surface area contributed by atoms with Gasteiger partial charge in [0.05, 0.1) is 6.54 Å². The summed E-state index contributed by atoms with van der Waals surface area (Å²) in [7, 11) is 0. The van der Waals surface area contributed by atoms with Gasteiger partial charge in [-0.25, -0.2) is 0 Å². The Morgan fingerprint density at radius 1 is 1.20 bits per heavy atom. The molecule has 0 saturated carbocycles. The van der Waals surface area contributed by atoms with Crippen molar-refractivity contribution in [3.8, 4) is 17.1 Å². The third-order valence-corrected chi connectivity index (χ3v) is 3.77. The molecule has 1 amide bonds. The van der Waals surface area contributed by atoms with E-state index in [0.29, 0.717) is 22.2 Å². The number of aromatic nitrogens is 1. The first-order valence-corrected chi connectivity index (χ1v) is 8.15. The first-order chi connectivity index (χ1) is 12.1. The SMILES string of the molecule is Cc1cccc(OCC(=O)NCc2cc(-c3ccc(Cl)cc3)on2)c1. The smallest absolute Gasteiger partial charge is 0.258 e. The molecule has 0 spiro atoms. The lowest BCUT2D eigenvalue weighted by Crippen LogP contribution is -2.28. The van der Waals surface area contributed by atoms with E-state index in [-0.39, 0.29) is 19.1 Å². The van der Waals surface area contributed by atoms with Gasteiger partial charge >= 0.3 is 0 Å². The van der Waals surface area contributed by atoms with E-state index in [1.165, 1.54) is 0 Å². The zero-order valence-corrected chi connectivity index (χ0v) is 14.4. The Bertz CT molecular complexity index is 859. The molecule has 3 rings (SSSR count). The fourth-order valence-electron chi connectivity index (χ4n) is 2.24. The van der Waals surface area contributed by atoms with Crippen LogP contribution in [0.15, 0.2) is 59.1 Å². The Hall–Kier alpha value is -2.79. The van der Waals surface area contributed by atoms with E-state index >= 15 is 0 Å². The molecule has 0 bridgehead atoms. The van der Waals surface area contributed by atoms with Crippen LogP contribution in [-0.2, 0) is 11.3 Å². The lowest BCUT2D eigenvalue weighted by Gasteiger charge is -2.06. The number of nitrogens with zero attached hydrogens (tertiary/aromatic N) is 1. The van der Waals surface area contributed by atoms with E-state index in [2.05, 4.69) is 10.5 Å². The van der Waals surface area contributed by atoms with Crippen molar-refractivity contribution in [2.24, 2.45) is 0 Å².